The zero-order valence-electron chi connectivity index (χ0n) is 12.0. The zero-order valence-corrected chi connectivity index (χ0v) is 12.9. The van der Waals surface area contributed by atoms with Crippen molar-refractivity contribution in [3.8, 4) is 11.3 Å². The summed E-state index contributed by atoms with van der Waals surface area (Å²) < 4.78 is 37.8. The Balaban J connectivity index is 2.29. The van der Waals surface area contributed by atoms with Crippen molar-refractivity contribution in [1.29, 1.82) is 0 Å². The maximum absolute atomic E-state index is 14.5. The van der Waals surface area contributed by atoms with Crippen LogP contribution >= 0.6 is 0 Å². The van der Waals surface area contributed by atoms with Gasteiger partial charge in [0.1, 0.15) is 5.82 Å². The number of nitrogens with zero attached hydrogens (tertiary/aromatic N) is 2. The highest BCUT2D eigenvalue weighted by atomic mass is 32.2. The normalized spacial score (nSPS) is 11.8. The van der Waals surface area contributed by atoms with Crippen LogP contribution in [0.4, 0.5) is 4.39 Å². The predicted octanol–water partition coefficient (Wildman–Crippen LogP) is 3.15. The van der Waals surface area contributed by atoms with Gasteiger partial charge in [-0.3, -0.25) is 4.98 Å². The quantitative estimate of drug-likeness (QED) is 0.729. The number of aromatic nitrogens is 2. The molecule has 0 aliphatic rings. The molecule has 1 aromatic carbocycles. The summed E-state index contributed by atoms with van der Waals surface area (Å²) >= 11 is 0. The summed E-state index contributed by atoms with van der Waals surface area (Å²) in [5.74, 6) is -0.356. The maximum atomic E-state index is 14.5. The first kappa shape index (κ1) is 14.6. The van der Waals surface area contributed by atoms with E-state index in [1.165, 1.54) is 18.5 Å². The van der Waals surface area contributed by atoms with Crippen LogP contribution in [0.2, 0.25) is 0 Å². The average Bonchev–Trinajstić information content (AvgIpc) is 2.50. The van der Waals surface area contributed by atoms with Gasteiger partial charge >= 0.3 is 0 Å². The average molecular weight is 316 g/mol. The molecular formula is C16H13FN2O2S. The van der Waals surface area contributed by atoms with E-state index >= 15 is 0 Å². The Bertz CT molecular complexity index is 985. The van der Waals surface area contributed by atoms with Crippen LogP contribution in [0, 0.1) is 12.7 Å². The minimum Gasteiger partial charge on any atom is -0.263 e. The van der Waals surface area contributed by atoms with Crippen LogP contribution < -0.4 is 0 Å². The van der Waals surface area contributed by atoms with E-state index in [2.05, 4.69) is 9.97 Å². The maximum Gasteiger partial charge on any atom is 0.177 e. The van der Waals surface area contributed by atoms with Gasteiger partial charge in [-0.2, -0.15) is 0 Å². The molecule has 4 nitrogen and oxygen atoms in total. The van der Waals surface area contributed by atoms with E-state index in [1.54, 1.807) is 31.2 Å². The lowest BCUT2D eigenvalue weighted by Crippen LogP contribution is -2.00. The number of hydrogen-bond donors (Lipinski definition) is 0. The van der Waals surface area contributed by atoms with Gasteiger partial charge in [0, 0.05) is 35.2 Å². The van der Waals surface area contributed by atoms with Crippen molar-refractivity contribution in [3.05, 3.63) is 54.1 Å². The van der Waals surface area contributed by atoms with Gasteiger partial charge in [0.25, 0.3) is 0 Å². The first-order valence-corrected chi connectivity index (χ1v) is 8.47. The molecule has 0 spiro atoms. The monoisotopic (exact) mass is 316 g/mol. The standard InChI is InChI=1S/C16H13FN2O2S/c1-10-15(17)13-5-3-4-6-14(13)19-16(10)11-7-12(9-18-8-11)22(2,20)21/h3-9H,1-2H3. The fraction of sp³-hybridized carbons (Fsp3) is 0.125. The highest BCUT2D eigenvalue weighted by molar-refractivity contribution is 7.90. The van der Waals surface area contributed by atoms with Crippen molar-refractivity contribution < 1.29 is 12.8 Å². The highest BCUT2D eigenvalue weighted by Gasteiger charge is 2.15. The van der Waals surface area contributed by atoms with Gasteiger partial charge in [0.05, 0.1) is 16.1 Å². The van der Waals surface area contributed by atoms with Crippen molar-refractivity contribution in [2.45, 2.75) is 11.8 Å². The molecule has 2 aromatic heterocycles. The van der Waals surface area contributed by atoms with Crippen LogP contribution in [0.3, 0.4) is 0 Å². The number of pyridine rings is 2. The van der Waals surface area contributed by atoms with Gasteiger partial charge in [-0.05, 0) is 25.1 Å². The molecule has 0 N–H and O–H groups in total. The number of para-hydroxylation sites is 1. The van der Waals surface area contributed by atoms with Gasteiger partial charge < -0.3 is 0 Å². The fourth-order valence-electron chi connectivity index (χ4n) is 2.30. The van der Waals surface area contributed by atoms with E-state index < -0.39 is 9.84 Å². The largest absolute Gasteiger partial charge is 0.263 e. The number of halogens is 1. The number of fused-ring (bicyclic) bond motifs is 1. The summed E-state index contributed by atoms with van der Waals surface area (Å²) in [6.45, 7) is 1.62. The van der Waals surface area contributed by atoms with E-state index in [9.17, 15) is 12.8 Å². The van der Waals surface area contributed by atoms with E-state index in [4.69, 9.17) is 0 Å². The van der Waals surface area contributed by atoms with Crippen LogP contribution in [0.5, 0.6) is 0 Å². The van der Waals surface area contributed by atoms with Gasteiger partial charge in [0.2, 0.25) is 0 Å². The van der Waals surface area contributed by atoms with Crippen molar-refractivity contribution in [1.82, 2.24) is 9.97 Å². The van der Waals surface area contributed by atoms with E-state index in [1.807, 2.05) is 0 Å². The molecule has 0 saturated heterocycles. The third-order valence-corrected chi connectivity index (χ3v) is 4.55. The van der Waals surface area contributed by atoms with Gasteiger partial charge in [-0.1, -0.05) is 12.1 Å². The van der Waals surface area contributed by atoms with Crippen LogP contribution in [0.1, 0.15) is 5.56 Å². The summed E-state index contributed by atoms with van der Waals surface area (Å²) in [6, 6.07) is 8.37. The first-order valence-electron chi connectivity index (χ1n) is 6.58. The molecule has 0 amide bonds. The molecule has 0 bridgehead atoms. The molecular weight excluding hydrogens is 303 g/mol. The molecule has 22 heavy (non-hydrogen) atoms. The van der Waals surface area contributed by atoms with Gasteiger partial charge in [-0.25, -0.2) is 17.8 Å². The molecule has 0 aliphatic heterocycles. The molecule has 0 unspecified atom stereocenters. The molecule has 0 atom stereocenters. The molecule has 0 radical (unpaired) electrons. The lowest BCUT2D eigenvalue weighted by molar-refractivity contribution is 0.601. The number of rotatable bonds is 2. The van der Waals surface area contributed by atoms with E-state index in [0.717, 1.165) is 6.26 Å². The second-order valence-electron chi connectivity index (χ2n) is 5.10. The topological polar surface area (TPSA) is 59.9 Å². The fourth-order valence-corrected chi connectivity index (χ4v) is 2.89. The lowest BCUT2D eigenvalue weighted by Gasteiger charge is -2.10. The number of sulfone groups is 1. The van der Waals surface area contributed by atoms with E-state index in [0.29, 0.717) is 27.7 Å². The lowest BCUT2D eigenvalue weighted by atomic mass is 10.0. The Kier molecular flexibility index (Phi) is 3.41. The summed E-state index contributed by atoms with van der Waals surface area (Å²) in [6.07, 6.45) is 3.86. The minimum absolute atomic E-state index is 0.0831. The molecule has 112 valence electrons. The smallest absolute Gasteiger partial charge is 0.177 e. The Morgan fingerprint density at radius 3 is 2.59 bits per heavy atom. The highest BCUT2D eigenvalue weighted by Crippen LogP contribution is 2.28. The van der Waals surface area contributed by atoms with Crippen molar-refractivity contribution in [2.75, 3.05) is 6.26 Å². The Hall–Kier alpha value is -2.34. The number of benzene rings is 1. The molecule has 3 aromatic rings. The van der Waals surface area contributed by atoms with Crippen molar-refractivity contribution in [2.24, 2.45) is 0 Å². The van der Waals surface area contributed by atoms with Crippen molar-refractivity contribution in [3.63, 3.8) is 0 Å². The van der Waals surface area contributed by atoms with Crippen LogP contribution in [0.25, 0.3) is 22.2 Å². The SMILES string of the molecule is Cc1c(-c2cncc(S(C)(=O)=O)c2)nc2ccccc2c1F. The third-order valence-electron chi connectivity index (χ3n) is 3.47. The molecule has 0 aliphatic carbocycles. The Morgan fingerprint density at radius 2 is 1.86 bits per heavy atom. The summed E-state index contributed by atoms with van der Waals surface area (Å²) in [5, 5.41) is 0.441. The molecule has 0 fully saturated rings. The Labute approximate surface area is 127 Å². The molecule has 3 rings (SSSR count). The molecule has 2 heterocycles. The van der Waals surface area contributed by atoms with Crippen LogP contribution in [-0.4, -0.2) is 24.6 Å². The van der Waals surface area contributed by atoms with Crippen molar-refractivity contribution >= 4 is 20.7 Å². The number of hydrogen-bond acceptors (Lipinski definition) is 4. The van der Waals surface area contributed by atoms with Gasteiger partial charge in [0.15, 0.2) is 9.84 Å². The first-order chi connectivity index (χ1) is 10.4. The zero-order chi connectivity index (χ0) is 15.9. The Morgan fingerprint density at radius 1 is 1.14 bits per heavy atom. The second kappa shape index (κ2) is 5.14. The molecule has 0 saturated carbocycles. The minimum atomic E-state index is -3.38. The van der Waals surface area contributed by atoms with Gasteiger partial charge in [-0.15, -0.1) is 0 Å². The summed E-state index contributed by atoms with van der Waals surface area (Å²) in [4.78, 5) is 8.47. The predicted molar refractivity (Wildman–Crippen MR) is 82.8 cm³/mol. The summed E-state index contributed by atoms with van der Waals surface area (Å²) in [7, 11) is -3.38. The summed E-state index contributed by atoms with van der Waals surface area (Å²) in [5.41, 5.74) is 1.76. The molecule has 6 heteroatoms. The van der Waals surface area contributed by atoms with E-state index in [-0.39, 0.29) is 10.7 Å². The third kappa shape index (κ3) is 2.46. The van der Waals surface area contributed by atoms with Crippen LogP contribution in [-0.2, 0) is 9.84 Å². The second-order valence-corrected chi connectivity index (χ2v) is 7.11. The van der Waals surface area contributed by atoms with Crippen LogP contribution in [0.15, 0.2) is 47.6 Å².